The molecule has 0 aliphatic heterocycles. The number of nitrogens with one attached hydrogen (secondary N) is 2. The van der Waals surface area contributed by atoms with Crippen molar-refractivity contribution in [2.45, 2.75) is 0 Å². The highest BCUT2D eigenvalue weighted by molar-refractivity contribution is 9.10. The normalized spacial score (nSPS) is 10.3. The van der Waals surface area contributed by atoms with Gasteiger partial charge in [-0.15, -0.1) is 0 Å². The number of amides is 2. The summed E-state index contributed by atoms with van der Waals surface area (Å²) in [6.07, 6.45) is 3.09. The molecule has 0 saturated carbocycles. The number of halogens is 1. The van der Waals surface area contributed by atoms with Gasteiger partial charge < -0.3 is 10.1 Å². The van der Waals surface area contributed by atoms with E-state index in [9.17, 15) is 9.59 Å². The summed E-state index contributed by atoms with van der Waals surface area (Å²) in [6, 6.07) is 14.0. The Labute approximate surface area is 153 Å². The third-order valence-electron chi connectivity index (χ3n) is 2.92. The van der Waals surface area contributed by atoms with Gasteiger partial charge in [0.15, 0.2) is 0 Å². The number of carbonyl (C=O) groups excluding carboxylic acids is 2. The summed E-state index contributed by atoms with van der Waals surface area (Å²) in [5.74, 6) is -0.958. The molecule has 0 radical (unpaired) electrons. The average molecular weight is 402 g/mol. The van der Waals surface area contributed by atoms with Gasteiger partial charge in [-0.2, -0.15) is 5.10 Å². The lowest BCUT2D eigenvalue weighted by Crippen LogP contribution is -2.32. The first kappa shape index (κ1) is 18.4. The molecule has 6 nitrogen and oxygen atoms in total. The molecule has 2 aromatic carbocycles. The molecule has 2 rings (SSSR count). The molecule has 2 amide bonds. The van der Waals surface area contributed by atoms with E-state index in [2.05, 4.69) is 38.4 Å². The maximum absolute atomic E-state index is 11.8. The fourth-order valence-electron chi connectivity index (χ4n) is 1.78. The molecule has 0 heterocycles. The first-order valence-corrected chi connectivity index (χ1v) is 8.11. The fraction of sp³-hybridized carbons (Fsp3) is 0.0556. The second-order valence-corrected chi connectivity index (χ2v) is 5.75. The van der Waals surface area contributed by atoms with Gasteiger partial charge in [0, 0.05) is 10.2 Å². The van der Waals surface area contributed by atoms with Gasteiger partial charge in [-0.3, -0.25) is 9.59 Å². The minimum absolute atomic E-state index is 0.427. The minimum atomic E-state index is -0.859. The van der Waals surface area contributed by atoms with Crippen LogP contribution in [0.25, 0.3) is 0 Å². The van der Waals surface area contributed by atoms with E-state index < -0.39 is 11.8 Å². The summed E-state index contributed by atoms with van der Waals surface area (Å²) in [5.41, 5.74) is 3.43. The van der Waals surface area contributed by atoms with Crippen molar-refractivity contribution < 1.29 is 14.3 Å². The van der Waals surface area contributed by atoms with Crippen LogP contribution in [0.4, 0.5) is 5.69 Å². The van der Waals surface area contributed by atoms with Crippen LogP contribution in [-0.4, -0.2) is 24.6 Å². The van der Waals surface area contributed by atoms with Crippen molar-refractivity contribution in [2.75, 3.05) is 11.9 Å². The maximum atomic E-state index is 11.8. The third-order valence-corrected chi connectivity index (χ3v) is 3.41. The van der Waals surface area contributed by atoms with Crippen LogP contribution in [0.1, 0.15) is 5.56 Å². The van der Waals surface area contributed by atoms with Crippen molar-refractivity contribution in [3.63, 3.8) is 0 Å². The summed E-state index contributed by atoms with van der Waals surface area (Å²) in [7, 11) is 0. The topological polar surface area (TPSA) is 79.8 Å². The van der Waals surface area contributed by atoms with Crippen molar-refractivity contribution in [2.24, 2.45) is 5.10 Å². The van der Waals surface area contributed by atoms with Gasteiger partial charge in [-0.05, 0) is 48.0 Å². The Morgan fingerprint density at radius 1 is 1.16 bits per heavy atom. The van der Waals surface area contributed by atoms with E-state index in [0.29, 0.717) is 18.0 Å². The maximum Gasteiger partial charge on any atom is 0.329 e. The zero-order valence-electron chi connectivity index (χ0n) is 13.2. The zero-order valence-corrected chi connectivity index (χ0v) is 14.8. The monoisotopic (exact) mass is 401 g/mol. The number of nitrogens with zero attached hydrogens (tertiary/aromatic N) is 1. The van der Waals surface area contributed by atoms with Crippen LogP contribution >= 0.6 is 15.9 Å². The molecule has 0 fully saturated rings. The van der Waals surface area contributed by atoms with E-state index >= 15 is 0 Å². The number of rotatable bonds is 6. The average Bonchev–Trinajstić information content (AvgIpc) is 2.61. The van der Waals surface area contributed by atoms with Crippen LogP contribution in [-0.2, 0) is 9.59 Å². The Kier molecular flexibility index (Phi) is 6.91. The number of hydrazone groups is 1. The number of hydrogen-bond donors (Lipinski definition) is 2. The van der Waals surface area contributed by atoms with Gasteiger partial charge >= 0.3 is 11.8 Å². The Morgan fingerprint density at radius 2 is 1.92 bits per heavy atom. The largest absolute Gasteiger partial charge is 0.490 e. The number of carbonyl (C=O) groups is 2. The van der Waals surface area contributed by atoms with Crippen molar-refractivity contribution in [3.05, 3.63) is 71.2 Å². The van der Waals surface area contributed by atoms with Gasteiger partial charge in [0.2, 0.25) is 0 Å². The molecular formula is C18H16BrN3O3. The fourth-order valence-corrected chi connectivity index (χ4v) is 2.17. The van der Waals surface area contributed by atoms with Crippen LogP contribution in [0, 0.1) is 0 Å². The van der Waals surface area contributed by atoms with Gasteiger partial charge in [-0.1, -0.05) is 34.7 Å². The van der Waals surface area contributed by atoms with E-state index in [-0.39, 0.29) is 0 Å². The molecule has 0 unspecified atom stereocenters. The molecule has 2 N–H and O–H groups in total. The lowest BCUT2D eigenvalue weighted by Gasteiger charge is -2.04. The highest BCUT2D eigenvalue weighted by Gasteiger charge is 2.12. The first-order valence-electron chi connectivity index (χ1n) is 7.32. The van der Waals surface area contributed by atoms with Crippen molar-refractivity contribution in [1.29, 1.82) is 0 Å². The predicted molar refractivity (Wildman–Crippen MR) is 101 cm³/mol. The van der Waals surface area contributed by atoms with E-state index in [0.717, 1.165) is 10.0 Å². The van der Waals surface area contributed by atoms with Crippen molar-refractivity contribution in [1.82, 2.24) is 5.43 Å². The zero-order chi connectivity index (χ0) is 18.1. The number of anilines is 1. The smallest absolute Gasteiger partial charge is 0.329 e. The molecule has 2 aromatic rings. The van der Waals surface area contributed by atoms with Gasteiger partial charge in [0.05, 0.1) is 6.21 Å². The molecule has 0 atom stereocenters. The highest BCUT2D eigenvalue weighted by Crippen LogP contribution is 2.15. The second kappa shape index (κ2) is 9.39. The first-order chi connectivity index (χ1) is 12.1. The van der Waals surface area contributed by atoms with E-state index in [1.165, 1.54) is 6.21 Å². The summed E-state index contributed by atoms with van der Waals surface area (Å²) in [6.45, 7) is 4.00. The Bertz CT molecular complexity index is 788. The Balaban J connectivity index is 1.85. The summed E-state index contributed by atoms with van der Waals surface area (Å²) >= 11 is 3.29. The molecule has 0 aliphatic carbocycles. The summed E-state index contributed by atoms with van der Waals surface area (Å²) in [5, 5.41) is 6.24. The standard InChI is InChI=1S/C18H16BrN3O3/c1-2-10-25-16-8-6-13(7-9-16)12-20-22-18(24)17(23)21-15-5-3-4-14(19)11-15/h2-9,11-12H,1,10H2,(H,21,23)(H,22,24). The van der Waals surface area contributed by atoms with Crippen LogP contribution in [0.3, 0.4) is 0 Å². The van der Waals surface area contributed by atoms with Crippen LogP contribution in [0.15, 0.2) is 70.8 Å². The predicted octanol–water partition coefficient (Wildman–Crippen LogP) is 3.10. The van der Waals surface area contributed by atoms with Crippen LogP contribution < -0.4 is 15.5 Å². The van der Waals surface area contributed by atoms with Crippen molar-refractivity contribution >= 4 is 39.6 Å². The molecule has 128 valence electrons. The van der Waals surface area contributed by atoms with Crippen LogP contribution in [0.2, 0.25) is 0 Å². The molecular weight excluding hydrogens is 386 g/mol. The molecule has 0 aromatic heterocycles. The quantitative estimate of drug-likeness (QED) is 0.337. The lowest BCUT2D eigenvalue weighted by molar-refractivity contribution is -0.136. The Hall–Kier alpha value is -2.93. The minimum Gasteiger partial charge on any atom is -0.490 e. The van der Waals surface area contributed by atoms with E-state index in [1.54, 1.807) is 48.5 Å². The second-order valence-electron chi connectivity index (χ2n) is 4.83. The molecule has 0 saturated heterocycles. The van der Waals surface area contributed by atoms with Gasteiger partial charge in [-0.25, -0.2) is 5.43 Å². The van der Waals surface area contributed by atoms with E-state index in [1.807, 2.05) is 6.07 Å². The van der Waals surface area contributed by atoms with Crippen molar-refractivity contribution in [3.8, 4) is 5.75 Å². The number of ether oxygens (including phenoxy) is 1. The van der Waals surface area contributed by atoms with Gasteiger partial charge in [0.25, 0.3) is 0 Å². The highest BCUT2D eigenvalue weighted by atomic mass is 79.9. The SMILES string of the molecule is C=CCOc1ccc(C=NNC(=O)C(=O)Nc2cccc(Br)c2)cc1. The molecule has 7 heteroatoms. The molecule has 0 aliphatic rings. The Morgan fingerprint density at radius 3 is 2.60 bits per heavy atom. The molecule has 25 heavy (non-hydrogen) atoms. The third kappa shape index (κ3) is 6.23. The van der Waals surface area contributed by atoms with Crippen LogP contribution in [0.5, 0.6) is 5.75 Å². The molecule has 0 bridgehead atoms. The van der Waals surface area contributed by atoms with E-state index in [4.69, 9.17) is 4.74 Å². The lowest BCUT2D eigenvalue weighted by atomic mass is 10.2. The number of hydrogen-bond acceptors (Lipinski definition) is 4. The summed E-state index contributed by atoms with van der Waals surface area (Å²) < 4.78 is 6.16. The summed E-state index contributed by atoms with van der Waals surface area (Å²) in [4.78, 5) is 23.5. The molecule has 0 spiro atoms. The van der Waals surface area contributed by atoms with Gasteiger partial charge in [0.1, 0.15) is 12.4 Å². The number of benzene rings is 2.